The molecule has 2 nitrogen and oxygen atoms in total. The highest BCUT2D eigenvalue weighted by atomic mass is 16.5. The summed E-state index contributed by atoms with van der Waals surface area (Å²) in [6.45, 7) is 4.62. The molecule has 2 unspecified atom stereocenters. The van der Waals surface area contributed by atoms with Gasteiger partial charge in [-0.1, -0.05) is 52.4 Å². The van der Waals surface area contributed by atoms with Gasteiger partial charge >= 0.3 is 0 Å². The van der Waals surface area contributed by atoms with Crippen LogP contribution in [0.5, 0.6) is 0 Å². The smallest absolute Gasteiger partial charge is 0.0830 e. The van der Waals surface area contributed by atoms with Gasteiger partial charge in [0, 0.05) is 13.2 Å². The van der Waals surface area contributed by atoms with E-state index >= 15 is 0 Å². The van der Waals surface area contributed by atoms with Crippen LogP contribution >= 0.6 is 0 Å². The largest absolute Gasteiger partial charge is 0.377 e. The summed E-state index contributed by atoms with van der Waals surface area (Å²) in [4.78, 5) is 0. The lowest BCUT2D eigenvalue weighted by Crippen LogP contribution is -2.50. The molecule has 1 rings (SSSR count). The summed E-state index contributed by atoms with van der Waals surface area (Å²) in [6.07, 6.45) is 11.8. The highest BCUT2D eigenvalue weighted by Gasteiger charge is 2.41. The zero-order valence-corrected chi connectivity index (χ0v) is 12.9. The maximum Gasteiger partial charge on any atom is 0.0830 e. The molecule has 1 aliphatic rings. The van der Waals surface area contributed by atoms with Gasteiger partial charge in [0.05, 0.1) is 5.60 Å². The molecule has 108 valence electrons. The summed E-state index contributed by atoms with van der Waals surface area (Å²) in [7, 11) is 4.01. The first-order chi connectivity index (χ1) is 8.72. The zero-order chi connectivity index (χ0) is 13.4. The van der Waals surface area contributed by atoms with E-state index in [1.54, 1.807) is 0 Å². The van der Waals surface area contributed by atoms with Gasteiger partial charge in [-0.05, 0) is 32.2 Å². The fourth-order valence-electron chi connectivity index (χ4n) is 3.58. The van der Waals surface area contributed by atoms with Crippen molar-refractivity contribution < 1.29 is 4.74 Å². The van der Waals surface area contributed by atoms with Gasteiger partial charge in [-0.2, -0.15) is 0 Å². The number of hydrogen-bond donors (Lipinski definition) is 1. The zero-order valence-electron chi connectivity index (χ0n) is 12.9. The number of hydrogen-bond acceptors (Lipinski definition) is 2. The van der Waals surface area contributed by atoms with Crippen molar-refractivity contribution >= 4 is 0 Å². The number of methoxy groups -OCH3 is 1. The number of ether oxygens (including phenoxy) is 1. The van der Waals surface area contributed by atoms with Crippen LogP contribution in [0, 0.1) is 5.92 Å². The van der Waals surface area contributed by atoms with Gasteiger partial charge in [0.1, 0.15) is 0 Å². The first-order valence-electron chi connectivity index (χ1n) is 7.94. The van der Waals surface area contributed by atoms with Gasteiger partial charge in [-0.25, -0.2) is 0 Å². The second kappa shape index (κ2) is 8.16. The quantitative estimate of drug-likeness (QED) is 0.668. The van der Waals surface area contributed by atoms with Crippen LogP contribution in [0.2, 0.25) is 0 Å². The minimum atomic E-state index is 0.119. The van der Waals surface area contributed by atoms with E-state index in [1.807, 2.05) is 7.11 Å². The topological polar surface area (TPSA) is 21.3 Å². The Bertz CT molecular complexity index is 211. The van der Waals surface area contributed by atoms with Gasteiger partial charge in [0.2, 0.25) is 0 Å². The van der Waals surface area contributed by atoms with Crippen molar-refractivity contribution in [2.24, 2.45) is 5.92 Å². The Balaban J connectivity index is 2.58. The molecular weight excluding hydrogens is 222 g/mol. The minimum absolute atomic E-state index is 0.119. The van der Waals surface area contributed by atoms with Gasteiger partial charge in [0.15, 0.2) is 0 Å². The molecule has 0 spiro atoms. The molecule has 1 fully saturated rings. The fourth-order valence-corrected chi connectivity index (χ4v) is 3.58. The Morgan fingerprint density at radius 3 is 2.33 bits per heavy atom. The van der Waals surface area contributed by atoms with Gasteiger partial charge in [-0.3, -0.25) is 0 Å². The monoisotopic (exact) mass is 255 g/mol. The van der Waals surface area contributed by atoms with Crippen LogP contribution in [-0.4, -0.2) is 25.8 Å². The summed E-state index contributed by atoms with van der Waals surface area (Å²) >= 11 is 0. The predicted molar refractivity (Wildman–Crippen MR) is 79.0 cm³/mol. The highest BCUT2D eigenvalue weighted by Crippen LogP contribution is 2.38. The maximum atomic E-state index is 5.94. The molecular formula is C16H33NO. The third-order valence-electron chi connectivity index (χ3n) is 4.95. The van der Waals surface area contributed by atoms with Gasteiger partial charge in [0.25, 0.3) is 0 Å². The lowest BCUT2D eigenvalue weighted by atomic mass is 9.82. The van der Waals surface area contributed by atoms with Crippen molar-refractivity contribution in [1.29, 1.82) is 0 Å². The Morgan fingerprint density at radius 1 is 1.22 bits per heavy atom. The normalized spacial score (nSPS) is 22.0. The molecule has 2 heteroatoms. The SMILES string of the molecule is CCCCC(CC)CC(NC)C1(OC)CCCC1. The lowest BCUT2D eigenvalue weighted by Gasteiger charge is -2.38. The first-order valence-corrected chi connectivity index (χ1v) is 7.94. The standard InChI is InChI=1S/C16H33NO/c1-5-7-10-14(6-2)13-15(17-3)16(18-4)11-8-9-12-16/h14-15,17H,5-13H2,1-4H3. The van der Waals surface area contributed by atoms with Crippen molar-refractivity contribution in [3.63, 3.8) is 0 Å². The minimum Gasteiger partial charge on any atom is -0.377 e. The summed E-state index contributed by atoms with van der Waals surface area (Å²) < 4.78 is 5.94. The van der Waals surface area contributed by atoms with E-state index in [4.69, 9.17) is 4.74 Å². The highest BCUT2D eigenvalue weighted by molar-refractivity contribution is 4.97. The van der Waals surface area contributed by atoms with E-state index in [1.165, 1.54) is 57.8 Å². The molecule has 0 aromatic rings. The average Bonchev–Trinajstić information content (AvgIpc) is 2.89. The van der Waals surface area contributed by atoms with E-state index in [0.29, 0.717) is 6.04 Å². The third-order valence-corrected chi connectivity index (χ3v) is 4.95. The first kappa shape index (κ1) is 16.0. The van der Waals surface area contributed by atoms with Crippen molar-refractivity contribution in [2.75, 3.05) is 14.2 Å². The Labute approximate surface area is 114 Å². The summed E-state index contributed by atoms with van der Waals surface area (Å²) in [6, 6.07) is 0.534. The molecule has 0 heterocycles. The average molecular weight is 255 g/mol. The van der Waals surface area contributed by atoms with Crippen LogP contribution in [0.3, 0.4) is 0 Å². The van der Waals surface area contributed by atoms with Crippen LogP contribution in [0.25, 0.3) is 0 Å². The predicted octanol–water partition coefficient (Wildman–Crippen LogP) is 4.14. The molecule has 0 aromatic carbocycles. The molecule has 1 saturated carbocycles. The van der Waals surface area contributed by atoms with Crippen LogP contribution in [-0.2, 0) is 4.74 Å². The Kier molecular flexibility index (Phi) is 7.25. The third kappa shape index (κ3) is 3.96. The van der Waals surface area contributed by atoms with E-state index in [0.717, 1.165) is 5.92 Å². The fraction of sp³-hybridized carbons (Fsp3) is 1.00. The molecule has 0 saturated heterocycles. The Morgan fingerprint density at radius 2 is 1.89 bits per heavy atom. The van der Waals surface area contributed by atoms with E-state index < -0.39 is 0 Å². The molecule has 0 aromatic heterocycles. The molecule has 18 heavy (non-hydrogen) atoms. The van der Waals surface area contributed by atoms with Crippen molar-refractivity contribution in [3.05, 3.63) is 0 Å². The lowest BCUT2D eigenvalue weighted by molar-refractivity contribution is -0.0402. The molecule has 1 aliphatic carbocycles. The van der Waals surface area contributed by atoms with E-state index in [2.05, 4.69) is 26.2 Å². The van der Waals surface area contributed by atoms with Gasteiger partial charge < -0.3 is 10.1 Å². The van der Waals surface area contributed by atoms with Gasteiger partial charge in [-0.15, -0.1) is 0 Å². The van der Waals surface area contributed by atoms with E-state index in [-0.39, 0.29) is 5.60 Å². The van der Waals surface area contributed by atoms with E-state index in [9.17, 15) is 0 Å². The second-order valence-electron chi connectivity index (χ2n) is 5.97. The Hall–Kier alpha value is -0.0800. The molecule has 0 radical (unpaired) electrons. The van der Waals surface area contributed by atoms with Crippen LogP contribution < -0.4 is 5.32 Å². The number of unbranched alkanes of at least 4 members (excludes halogenated alkanes) is 1. The van der Waals surface area contributed by atoms with Crippen LogP contribution in [0.4, 0.5) is 0 Å². The molecule has 0 bridgehead atoms. The number of likely N-dealkylation sites (N-methyl/N-ethyl adjacent to an activating group) is 1. The summed E-state index contributed by atoms with van der Waals surface area (Å²) in [5.41, 5.74) is 0.119. The maximum absolute atomic E-state index is 5.94. The van der Waals surface area contributed by atoms with Crippen LogP contribution in [0.15, 0.2) is 0 Å². The van der Waals surface area contributed by atoms with Crippen molar-refractivity contribution in [1.82, 2.24) is 5.32 Å². The number of nitrogens with one attached hydrogen (secondary N) is 1. The second-order valence-corrected chi connectivity index (χ2v) is 5.97. The summed E-state index contributed by atoms with van der Waals surface area (Å²) in [5.74, 6) is 0.857. The summed E-state index contributed by atoms with van der Waals surface area (Å²) in [5, 5.41) is 3.55. The molecule has 0 amide bonds. The molecule has 1 N–H and O–H groups in total. The van der Waals surface area contributed by atoms with Crippen molar-refractivity contribution in [2.45, 2.75) is 83.3 Å². The van der Waals surface area contributed by atoms with Crippen molar-refractivity contribution in [3.8, 4) is 0 Å². The molecule has 2 atom stereocenters. The number of rotatable bonds is 9. The molecule has 0 aliphatic heterocycles. The van der Waals surface area contributed by atoms with Crippen LogP contribution in [0.1, 0.15) is 71.6 Å².